The number of amides is 1. The summed E-state index contributed by atoms with van der Waals surface area (Å²) in [6, 6.07) is 10.7. The van der Waals surface area contributed by atoms with Gasteiger partial charge in [0.25, 0.3) is 0 Å². The number of nitrogens with two attached hydrogens (primary N) is 1. The van der Waals surface area contributed by atoms with E-state index in [0.717, 1.165) is 17.0 Å². The van der Waals surface area contributed by atoms with Crippen molar-refractivity contribution in [1.82, 2.24) is 0 Å². The van der Waals surface area contributed by atoms with Gasteiger partial charge in [-0.2, -0.15) is 0 Å². The molecule has 118 valence electrons. The fourth-order valence-corrected chi connectivity index (χ4v) is 1.93. The van der Waals surface area contributed by atoms with E-state index in [0.29, 0.717) is 13.2 Å². The zero-order valence-corrected chi connectivity index (χ0v) is 12.9. The summed E-state index contributed by atoms with van der Waals surface area (Å²) in [7, 11) is 0. The van der Waals surface area contributed by atoms with Crippen LogP contribution in [0.3, 0.4) is 0 Å². The van der Waals surface area contributed by atoms with Crippen molar-refractivity contribution in [2.75, 3.05) is 5.32 Å². The minimum absolute atomic E-state index is 0.0970. The Morgan fingerprint density at radius 2 is 2.09 bits per heavy atom. The third-order valence-corrected chi connectivity index (χ3v) is 3.31. The molecule has 5 nitrogen and oxygen atoms in total. The van der Waals surface area contributed by atoms with Crippen LogP contribution in [0.1, 0.15) is 25.2 Å². The average molecular weight is 302 g/mol. The number of hydrogen-bond acceptors (Lipinski definition) is 4. The summed E-state index contributed by atoms with van der Waals surface area (Å²) < 4.78 is 10.8. The Morgan fingerprint density at radius 3 is 2.77 bits per heavy atom. The molecule has 1 heterocycles. The zero-order chi connectivity index (χ0) is 15.9. The highest BCUT2D eigenvalue weighted by Crippen LogP contribution is 2.14. The first kappa shape index (κ1) is 16.3. The molecule has 0 spiro atoms. The lowest BCUT2D eigenvalue weighted by Gasteiger charge is -2.15. The maximum Gasteiger partial charge on any atom is 0.241 e. The fraction of sp³-hybridized carbons (Fsp3) is 0.353. The lowest BCUT2D eigenvalue weighted by molar-refractivity contribution is -0.118. The number of carbonyl (C=O) groups is 1. The molecule has 5 heteroatoms. The summed E-state index contributed by atoms with van der Waals surface area (Å²) in [6.07, 6.45) is 1.62. The summed E-state index contributed by atoms with van der Waals surface area (Å²) in [6.45, 7) is 4.70. The number of carbonyl (C=O) groups excluding carboxylic acids is 1. The van der Waals surface area contributed by atoms with Crippen LogP contribution in [0.4, 0.5) is 5.69 Å². The van der Waals surface area contributed by atoms with Gasteiger partial charge in [0, 0.05) is 5.69 Å². The average Bonchev–Trinajstić information content (AvgIpc) is 3.00. The van der Waals surface area contributed by atoms with Crippen LogP contribution in [0.5, 0.6) is 0 Å². The number of anilines is 1. The maximum atomic E-state index is 12.0. The molecular weight excluding hydrogens is 280 g/mol. The lowest BCUT2D eigenvalue weighted by Crippen LogP contribution is -2.39. The quantitative estimate of drug-likeness (QED) is 0.824. The van der Waals surface area contributed by atoms with Gasteiger partial charge < -0.3 is 20.2 Å². The molecule has 0 radical (unpaired) electrons. The van der Waals surface area contributed by atoms with Crippen LogP contribution in [0.25, 0.3) is 0 Å². The first-order chi connectivity index (χ1) is 10.6. The van der Waals surface area contributed by atoms with Gasteiger partial charge in [0.1, 0.15) is 12.4 Å². The van der Waals surface area contributed by atoms with Crippen molar-refractivity contribution in [3.8, 4) is 0 Å². The standard InChI is InChI=1S/C17H22N2O3/c1-12(2)16(18)17(20)19-14-6-3-5-13(9-14)10-21-11-15-7-4-8-22-15/h3-9,12,16H,10-11,18H2,1-2H3,(H,19,20)/t16-/m0/s1. The van der Waals surface area contributed by atoms with Gasteiger partial charge in [-0.25, -0.2) is 0 Å². The highest BCUT2D eigenvalue weighted by atomic mass is 16.5. The molecule has 0 aliphatic heterocycles. The molecule has 0 bridgehead atoms. The van der Waals surface area contributed by atoms with Crippen molar-refractivity contribution in [3.63, 3.8) is 0 Å². The Morgan fingerprint density at radius 1 is 1.27 bits per heavy atom. The van der Waals surface area contributed by atoms with Gasteiger partial charge in [-0.3, -0.25) is 4.79 Å². The molecule has 3 N–H and O–H groups in total. The Hall–Kier alpha value is -2.11. The van der Waals surface area contributed by atoms with E-state index in [1.807, 2.05) is 50.2 Å². The number of rotatable bonds is 7. The molecule has 0 fully saturated rings. The third kappa shape index (κ3) is 4.72. The van der Waals surface area contributed by atoms with Crippen molar-refractivity contribution in [2.45, 2.75) is 33.1 Å². The SMILES string of the molecule is CC(C)[C@H](N)C(=O)Nc1cccc(COCc2ccco2)c1. The molecule has 0 aliphatic rings. The summed E-state index contributed by atoms with van der Waals surface area (Å²) in [4.78, 5) is 12.0. The molecule has 1 aromatic carbocycles. The van der Waals surface area contributed by atoms with Crippen LogP contribution in [-0.2, 0) is 22.7 Å². The van der Waals surface area contributed by atoms with Crippen molar-refractivity contribution >= 4 is 11.6 Å². The molecule has 0 saturated heterocycles. The summed E-state index contributed by atoms with van der Waals surface area (Å²) in [5.41, 5.74) is 7.53. The fourth-order valence-electron chi connectivity index (χ4n) is 1.93. The largest absolute Gasteiger partial charge is 0.467 e. The van der Waals surface area contributed by atoms with Crippen LogP contribution in [0.15, 0.2) is 47.1 Å². The van der Waals surface area contributed by atoms with Gasteiger partial charge in [0.2, 0.25) is 5.91 Å². The minimum Gasteiger partial charge on any atom is -0.467 e. The van der Waals surface area contributed by atoms with Gasteiger partial charge in [-0.1, -0.05) is 26.0 Å². The summed E-state index contributed by atoms with van der Waals surface area (Å²) in [5, 5.41) is 2.83. The van der Waals surface area contributed by atoms with Gasteiger partial charge in [-0.05, 0) is 35.7 Å². The maximum absolute atomic E-state index is 12.0. The second-order valence-electron chi connectivity index (χ2n) is 5.53. The minimum atomic E-state index is -0.515. The number of ether oxygens (including phenoxy) is 1. The second kappa shape index (κ2) is 7.77. The van der Waals surface area contributed by atoms with Crippen molar-refractivity contribution in [1.29, 1.82) is 0 Å². The number of benzene rings is 1. The van der Waals surface area contributed by atoms with Crippen LogP contribution in [0.2, 0.25) is 0 Å². The van der Waals surface area contributed by atoms with Crippen LogP contribution >= 0.6 is 0 Å². The molecule has 1 amide bonds. The Bertz CT molecular complexity index is 594. The van der Waals surface area contributed by atoms with Crippen molar-refractivity contribution < 1.29 is 13.9 Å². The van der Waals surface area contributed by atoms with Crippen molar-refractivity contribution in [3.05, 3.63) is 54.0 Å². The van der Waals surface area contributed by atoms with Gasteiger partial charge >= 0.3 is 0 Å². The molecular formula is C17H22N2O3. The van der Waals surface area contributed by atoms with Gasteiger partial charge in [0.15, 0.2) is 0 Å². The molecule has 22 heavy (non-hydrogen) atoms. The highest BCUT2D eigenvalue weighted by Gasteiger charge is 2.17. The topological polar surface area (TPSA) is 77.5 Å². The number of nitrogens with one attached hydrogen (secondary N) is 1. The van der Waals surface area contributed by atoms with E-state index < -0.39 is 6.04 Å². The first-order valence-corrected chi connectivity index (χ1v) is 7.32. The van der Waals surface area contributed by atoms with Crippen LogP contribution in [0, 0.1) is 5.92 Å². The van der Waals surface area contributed by atoms with E-state index in [4.69, 9.17) is 14.9 Å². The predicted molar refractivity (Wildman–Crippen MR) is 85.1 cm³/mol. The van der Waals surface area contributed by atoms with E-state index in [9.17, 15) is 4.79 Å². The first-order valence-electron chi connectivity index (χ1n) is 7.32. The van der Waals surface area contributed by atoms with E-state index >= 15 is 0 Å². The number of furan rings is 1. The van der Waals surface area contributed by atoms with Crippen molar-refractivity contribution in [2.24, 2.45) is 11.7 Å². The van der Waals surface area contributed by atoms with E-state index in [1.165, 1.54) is 0 Å². The highest BCUT2D eigenvalue weighted by molar-refractivity contribution is 5.94. The summed E-state index contributed by atoms with van der Waals surface area (Å²) >= 11 is 0. The van der Waals surface area contributed by atoms with E-state index in [2.05, 4.69) is 5.32 Å². The van der Waals surface area contributed by atoms with Crippen LogP contribution in [-0.4, -0.2) is 11.9 Å². The molecule has 1 aromatic heterocycles. The molecule has 2 rings (SSSR count). The normalized spacial score (nSPS) is 12.4. The lowest BCUT2D eigenvalue weighted by atomic mass is 10.0. The Labute approximate surface area is 130 Å². The molecule has 0 unspecified atom stereocenters. The van der Waals surface area contributed by atoms with E-state index in [1.54, 1.807) is 6.26 Å². The van der Waals surface area contributed by atoms with Crippen LogP contribution < -0.4 is 11.1 Å². The van der Waals surface area contributed by atoms with E-state index in [-0.39, 0.29) is 11.8 Å². The third-order valence-electron chi connectivity index (χ3n) is 3.31. The van der Waals surface area contributed by atoms with Gasteiger partial charge in [0.05, 0.1) is 18.9 Å². The van der Waals surface area contributed by atoms with Gasteiger partial charge in [-0.15, -0.1) is 0 Å². The Balaban J connectivity index is 1.88. The Kier molecular flexibility index (Phi) is 5.75. The molecule has 1 atom stereocenters. The number of hydrogen-bond donors (Lipinski definition) is 2. The summed E-state index contributed by atoms with van der Waals surface area (Å²) in [5.74, 6) is 0.704. The second-order valence-corrected chi connectivity index (χ2v) is 5.53. The zero-order valence-electron chi connectivity index (χ0n) is 12.9. The smallest absolute Gasteiger partial charge is 0.241 e. The molecule has 2 aromatic rings. The molecule has 0 aliphatic carbocycles. The predicted octanol–water partition coefficient (Wildman–Crippen LogP) is 2.92. The monoisotopic (exact) mass is 302 g/mol. The molecule has 0 saturated carbocycles.